The van der Waals surface area contributed by atoms with Gasteiger partial charge in [-0.25, -0.2) is 0 Å². The molecule has 31 heavy (non-hydrogen) atoms. The van der Waals surface area contributed by atoms with Crippen LogP contribution in [0.25, 0.3) is 0 Å². The van der Waals surface area contributed by atoms with Crippen LogP contribution in [0, 0.1) is 11.8 Å². The van der Waals surface area contributed by atoms with Gasteiger partial charge < -0.3 is 9.16 Å². The Kier molecular flexibility index (Phi) is 9.57. The number of rotatable bonds is 10. The summed E-state index contributed by atoms with van der Waals surface area (Å²) in [5.41, 5.74) is 3.78. The van der Waals surface area contributed by atoms with Crippen LogP contribution < -0.4 is 0 Å². The van der Waals surface area contributed by atoms with Crippen LogP contribution in [0.15, 0.2) is 36.1 Å². The smallest absolute Gasteiger partial charge is 0.192 e. The molecule has 0 radical (unpaired) electrons. The van der Waals surface area contributed by atoms with Gasteiger partial charge in [0.15, 0.2) is 8.32 Å². The molecule has 0 aliphatic heterocycles. The van der Waals surface area contributed by atoms with Gasteiger partial charge in [0.1, 0.15) is 12.4 Å². The van der Waals surface area contributed by atoms with E-state index in [1.54, 1.807) is 0 Å². The standard InChI is InChI=1S/C27H44O3Si/c1-21(2)26(28)17-16-24-10-8-9-11-25(24)20-29-18-22-12-14-23(15-13-22)19-30-31(6,7)27(3,4)5/h12-15,20-21,24H,8-11,16-19H2,1-7H3. The highest BCUT2D eigenvalue weighted by Gasteiger charge is 2.37. The maximum Gasteiger partial charge on any atom is 0.192 e. The van der Waals surface area contributed by atoms with Gasteiger partial charge in [-0.2, -0.15) is 0 Å². The van der Waals surface area contributed by atoms with Crippen LogP contribution in [0.3, 0.4) is 0 Å². The van der Waals surface area contributed by atoms with Gasteiger partial charge in [-0.1, -0.05) is 65.3 Å². The maximum atomic E-state index is 12.0. The zero-order valence-electron chi connectivity index (χ0n) is 20.9. The predicted molar refractivity (Wildman–Crippen MR) is 132 cm³/mol. The molecule has 0 saturated heterocycles. The van der Waals surface area contributed by atoms with Gasteiger partial charge in [0.05, 0.1) is 12.9 Å². The molecule has 174 valence electrons. The Morgan fingerprint density at radius 3 is 2.29 bits per heavy atom. The lowest BCUT2D eigenvalue weighted by atomic mass is 9.81. The van der Waals surface area contributed by atoms with Crippen LogP contribution >= 0.6 is 0 Å². The van der Waals surface area contributed by atoms with Gasteiger partial charge in [0.25, 0.3) is 0 Å². The average molecular weight is 445 g/mol. The van der Waals surface area contributed by atoms with E-state index >= 15 is 0 Å². The third kappa shape index (κ3) is 8.23. The van der Waals surface area contributed by atoms with Crippen LogP contribution in [0.4, 0.5) is 0 Å². The number of carbonyl (C=O) groups is 1. The van der Waals surface area contributed by atoms with Gasteiger partial charge in [-0.15, -0.1) is 0 Å². The number of ether oxygens (including phenoxy) is 1. The second kappa shape index (κ2) is 11.5. The third-order valence-electron chi connectivity index (χ3n) is 7.09. The highest BCUT2D eigenvalue weighted by atomic mass is 28.4. The highest BCUT2D eigenvalue weighted by molar-refractivity contribution is 6.74. The van der Waals surface area contributed by atoms with E-state index in [2.05, 4.69) is 58.1 Å². The monoisotopic (exact) mass is 444 g/mol. The summed E-state index contributed by atoms with van der Waals surface area (Å²) in [6.07, 6.45) is 8.42. The second-order valence-electron chi connectivity index (χ2n) is 11.0. The molecule has 2 rings (SSSR count). The lowest BCUT2D eigenvalue weighted by molar-refractivity contribution is -0.122. The van der Waals surface area contributed by atoms with Crippen molar-refractivity contribution in [2.75, 3.05) is 0 Å². The third-order valence-corrected chi connectivity index (χ3v) is 11.6. The van der Waals surface area contributed by atoms with Crippen molar-refractivity contribution >= 4 is 14.1 Å². The normalized spacial score (nSPS) is 19.1. The summed E-state index contributed by atoms with van der Waals surface area (Å²) in [5.74, 6) is 1.03. The number of Topliss-reactive ketones (excluding diaryl/α,β-unsaturated/α-hetero) is 1. The molecule has 1 aromatic carbocycles. The van der Waals surface area contributed by atoms with Crippen molar-refractivity contribution in [3.05, 3.63) is 47.2 Å². The molecule has 0 bridgehead atoms. The number of benzene rings is 1. The Balaban J connectivity index is 1.85. The lowest BCUT2D eigenvalue weighted by Gasteiger charge is -2.36. The molecule has 0 aromatic heterocycles. The predicted octanol–water partition coefficient (Wildman–Crippen LogP) is 7.80. The first kappa shape index (κ1) is 25.9. The quantitative estimate of drug-likeness (QED) is 0.273. The fourth-order valence-electron chi connectivity index (χ4n) is 3.66. The molecule has 0 spiro atoms. The molecule has 0 amide bonds. The average Bonchev–Trinajstić information content (AvgIpc) is 2.71. The van der Waals surface area contributed by atoms with E-state index in [9.17, 15) is 4.79 Å². The topological polar surface area (TPSA) is 35.5 Å². The molecule has 1 aliphatic carbocycles. The van der Waals surface area contributed by atoms with Crippen LogP contribution in [0.2, 0.25) is 18.1 Å². The molecule has 1 fully saturated rings. The van der Waals surface area contributed by atoms with Gasteiger partial charge in [-0.05, 0) is 66.4 Å². The summed E-state index contributed by atoms with van der Waals surface area (Å²) >= 11 is 0. The minimum Gasteiger partial charge on any atom is -0.497 e. The summed E-state index contributed by atoms with van der Waals surface area (Å²) in [6, 6.07) is 8.59. The van der Waals surface area contributed by atoms with Gasteiger partial charge in [-0.3, -0.25) is 4.79 Å². The zero-order valence-corrected chi connectivity index (χ0v) is 21.9. The Morgan fingerprint density at radius 2 is 1.71 bits per heavy atom. The molecule has 1 saturated carbocycles. The fraction of sp³-hybridized carbons (Fsp3) is 0.667. The number of ketones is 1. The van der Waals surface area contributed by atoms with Crippen molar-refractivity contribution < 1.29 is 14.0 Å². The van der Waals surface area contributed by atoms with Gasteiger partial charge in [0.2, 0.25) is 0 Å². The summed E-state index contributed by atoms with van der Waals surface area (Å²) in [5, 5.41) is 0.230. The van der Waals surface area contributed by atoms with E-state index < -0.39 is 8.32 Å². The Morgan fingerprint density at radius 1 is 1.10 bits per heavy atom. The highest BCUT2D eigenvalue weighted by Crippen LogP contribution is 2.37. The second-order valence-corrected chi connectivity index (χ2v) is 15.8. The number of hydrogen-bond acceptors (Lipinski definition) is 3. The van der Waals surface area contributed by atoms with Crippen molar-refractivity contribution in [2.24, 2.45) is 11.8 Å². The van der Waals surface area contributed by atoms with Crippen LogP contribution in [-0.2, 0) is 27.2 Å². The van der Waals surface area contributed by atoms with E-state index in [-0.39, 0.29) is 11.0 Å². The van der Waals surface area contributed by atoms with Gasteiger partial charge in [0, 0.05) is 12.3 Å². The molecule has 4 heteroatoms. The van der Waals surface area contributed by atoms with Crippen molar-refractivity contribution in [3.63, 3.8) is 0 Å². The summed E-state index contributed by atoms with van der Waals surface area (Å²) in [4.78, 5) is 12.0. The van der Waals surface area contributed by atoms with E-state index in [1.165, 1.54) is 36.0 Å². The molecule has 1 atom stereocenters. The molecule has 1 unspecified atom stereocenters. The largest absolute Gasteiger partial charge is 0.497 e. The number of carbonyl (C=O) groups excluding carboxylic acids is 1. The molecule has 1 aromatic rings. The molecular weight excluding hydrogens is 400 g/mol. The van der Waals surface area contributed by atoms with Crippen LogP contribution in [0.5, 0.6) is 0 Å². The van der Waals surface area contributed by atoms with E-state index in [0.29, 0.717) is 31.3 Å². The molecule has 1 aliphatic rings. The first-order valence-electron chi connectivity index (χ1n) is 12.0. The minimum absolute atomic E-state index is 0.141. The molecule has 0 heterocycles. The Labute approximate surface area is 191 Å². The van der Waals surface area contributed by atoms with Crippen molar-refractivity contribution in [2.45, 2.75) is 104 Å². The van der Waals surface area contributed by atoms with E-state index in [4.69, 9.17) is 9.16 Å². The first-order chi connectivity index (χ1) is 14.5. The van der Waals surface area contributed by atoms with Gasteiger partial charge >= 0.3 is 0 Å². The Hall–Kier alpha value is -1.39. The van der Waals surface area contributed by atoms with Crippen molar-refractivity contribution in [1.29, 1.82) is 0 Å². The van der Waals surface area contributed by atoms with E-state index in [1.807, 2.05) is 20.1 Å². The first-order valence-corrected chi connectivity index (χ1v) is 15.0. The number of allylic oxidation sites excluding steroid dienone is 1. The van der Waals surface area contributed by atoms with Crippen LogP contribution in [-0.4, -0.2) is 14.1 Å². The minimum atomic E-state index is -1.72. The number of hydrogen-bond donors (Lipinski definition) is 0. The zero-order chi connectivity index (χ0) is 23.1. The fourth-order valence-corrected chi connectivity index (χ4v) is 4.62. The van der Waals surface area contributed by atoms with E-state index in [0.717, 1.165) is 12.8 Å². The van der Waals surface area contributed by atoms with Crippen LogP contribution in [0.1, 0.15) is 84.3 Å². The SMILES string of the molecule is CC(C)C(=O)CCC1CCCCC1=COCc1ccc(CO[Si](C)(C)C(C)(C)C)cc1. The van der Waals surface area contributed by atoms with Crippen molar-refractivity contribution in [3.8, 4) is 0 Å². The van der Waals surface area contributed by atoms with Crippen molar-refractivity contribution in [1.82, 2.24) is 0 Å². The Bertz CT molecular complexity index is 726. The summed E-state index contributed by atoms with van der Waals surface area (Å²) in [6.45, 7) is 16.7. The maximum absolute atomic E-state index is 12.0. The lowest BCUT2D eigenvalue weighted by Crippen LogP contribution is -2.40. The molecular formula is C27H44O3Si. The summed E-state index contributed by atoms with van der Waals surface area (Å²) < 4.78 is 12.3. The summed E-state index contributed by atoms with van der Waals surface area (Å²) in [7, 11) is -1.72. The molecule has 0 N–H and O–H groups in total. The molecule has 3 nitrogen and oxygen atoms in total.